The van der Waals surface area contributed by atoms with Gasteiger partial charge in [-0.3, -0.25) is 9.59 Å². The van der Waals surface area contributed by atoms with Crippen LogP contribution in [-0.2, 0) is 24.5 Å². The summed E-state index contributed by atoms with van der Waals surface area (Å²) < 4.78 is 18.5. The minimum atomic E-state index is -1.26. The van der Waals surface area contributed by atoms with Gasteiger partial charge < -0.3 is 9.53 Å². The number of hydrogen-bond donors (Lipinski definition) is 0. The number of carbonyl (C=O) groups is 3. The smallest absolute Gasteiger partial charge is 0.316 e. The molecule has 1 unspecified atom stereocenters. The van der Waals surface area contributed by atoms with Gasteiger partial charge in [0, 0.05) is 6.42 Å². The van der Waals surface area contributed by atoms with Gasteiger partial charge in [0.25, 0.3) is 0 Å². The third-order valence-corrected chi connectivity index (χ3v) is 3.98. The number of ketones is 1. The number of ether oxygens (including phenoxy) is 1. The van der Waals surface area contributed by atoms with Gasteiger partial charge in [0.05, 0.1) is 13.0 Å². The second kappa shape index (κ2) is 5.15. The summed E-state index contributed by atoms with van der Waals surface area (Å²) in [4.78, 5) is 35.0. The Hall–Kier alpha value is -2.04. The number of Topliss-reactive ketones (excluding diaryl/α,β-unsaturated/α-hetero) is 1. The van der Waals surface area contributed by atoms with Crippen molar-refractivity contribution in [1.82, 2.24) is 0 Å². The van der Waals surface area contributed by atoms with E-state index in [1.54, 1.807) is 13.0 Å². The van der Waals surface area contributed by atoms with Crippen molar-refractivity contribution in [2.75, 3.05) is 7.11 Å². The lowest BCUT2D eigenvalue weighted by molar-refractivity contribution is -0.148. The summed E-state index contributed by atoms with van der Waals surface area (Å²) in [6.07, 6.45) is 0.446. The van der Waals surface area contributed by atoms with Gasteiger partial charge in [-0.25, -0.2) is 4.39 Å². The molecule has 0 spiro atoms. The van der Waals surface area contributed by atoms with Crippen molar-refractivity contribution in [3.63, 3.8) is 0 Å². The van der Waals surface area contributed by atoms with Gasteiger partial charge in [0.1, 0.15) is 23.3 Å². The van der Waals surface area contributed by atoms with E-state index in [9.17, 15) is 18.8 Å². The lowest BCUT2D eigenvalue weighted by Crippen LogP contribution is -2.36. The summed E-state index contributed by atoms with van der Waals surface area (Å²) >= 11 is 0. The Morgan fingerprint density at radius 2 is 2.20 bits per heavy atom. The van der Waals surface area contributed by atoms with E-state index in [1.807, 2.05) is 0 Å². The Bertz CT molecular complexity index is 581. The molecule has 5 heteroatoms. The molecule has 0 saturated heterocycles. The van der Waals surface area contributed by atoms with Crippen molar-refractivity contribution >= 4 is 18.0 Å². The highest BCUT2D eigenvalue weighted by molar-refractivity contribution is 6.02. The zero-order valence-corrected chi connectivity index (χ0v) is 11.3. The van der Waals surface area contributed by atoms with Gasteiger partial charge in [-0.2, -0.15) is 0 Å². The molecule has 1 saturated carbocycles. The van der Waals surface area contributed by atoms with Gasteiger partial charge in [-0.05, 0) is 30.5 Å². The SMILES string of the molecule is COC(=O)[C@]1(c2cccc(F)c2C)CC(=O)C(C=O)C1. The fourth-order valence-corrected chi connectivity index (χ4v) is 2.91. The molecule has 0 N–H and O–H groups in total. The molecule has 0 bridgehead atoms. The van der Waals surface area contributed by atoms with Crippen molar-refractivity contribution in [2.45, 2.75) is 25.2 Å². The quantitative estimate of drug-likeness (QED) is 0.480. The third-order valence-electron chi connectivity index (χ3n) is 3.98. The molecule has 0 amide bonds. The first-order valence-corrected chi connectivity index (χ1v) is 6.28. The largest absolute Gasteiger partial charge is 0.468 e. The number of aldehydes is 1. The Morgan fingerprint density at radius 3 is 2.75 bits per heavy atom. The van der Waals surface area contributed by atoms with E-state index < -0.39 is 23.1 Å². The summed E-state index contributed by atoms with van der Waals surface area (Å²) in [6.45, 7) is 1.55. The fourth-order valence-electron chi connectivity index (χ4n) is 2.91. The maximum absolute atomic E-state index is 13.7. The molecule has 106 valence electrons. The van der Waals surface area contributed by atoms with Crippen molar-refractivity contribution in [3.8, 4) is 0 Å². The summed E-state index contributed by atoms with van der Waals surface area (Å²) in [5, 5.41) is 0. The Kier molecular flexibility index (Phi) is 3.70. The van der Waals surface area contributed by atoms with Crippen LogP contribution >= 0.6 is 0 Å². The van der Waals surface area contributed by atoms with E-state index in [0.29, 0.717) is 17.4 Å². The summed E-state index contributed by atoms with van der Waals surface area (Å²) in [7, 11) is 1.22. The standard InChI is InChI=1S/C15H15FO4/c1-9-11(4-3-5-12(9)16)15(14(19)20-2)6-10(8-17)13(18)7-15/h3-5,8,10H,6-7H2,1-2H3/t10?,15-/m0/s1. The molecule has 0 heterocycles. The van der Waals surface area contributed by atoms with Crippen molar-refractivity contribution < 1.29 is 23.5 Å². The number of benzene rings is 1. The molecule has 2 atom stereocenters. The summed E-state index contributed by atoms with van der Waals surface area (Å²) in [6, 6.07) is 4.38. The number of hydrogen-bond acceptors (Lipinski definition) is 4. The monoisotopic (exact) mass is 278 g/mol. The minimum Gasteiger partial charge on any atom is -0.468 e. The average Bonchev–Trinajstić information content (AvgIpc) is 2.79. The van der Waals surface area contributed by atoms with Crippen LogP contribution in [-0.4, -0.2) is 25.1 Å². The fraction of sp³-hybridized carbons (Fsp3) is 0.400. The number of esters is 1. The molecule has 1 aliphatic rings. The predicted molar refractivity (Wildman–Crippen MR) is 68.6 cm³/mol. The molecule has 1 fully saturated rings. The van der Waals surface area contributed by atoms with E-state index in [0.717, 1.165) is 0 Å². The maximum Gasteiger partial charge on any atom is 0.316 e. The number of methoxy groups -OCH3 is 1. The van der Waals surface area contributed by atoms with Crippen LogP contribution < -0.4 is 0 Å². The van der Waals surface area contributed by atoms with Crippen LogP contribution in [0.1, 0.15) is 24.0 Å². The molecular weight excluding hydrogens is 263 g/mol. The molecule has 0 aromatic heterocycles. The predicted octanol–water partition coefficient (Wildman–Crippen LogP) is 1.72. The van der Waals surface area contributed by atoms with Crippen LogP contribution in [0.2, 0.25) is 0 Å². The normalized spacial score (nSPS) is 25.6. The molecule has 1 aromatic carbocycles. The van der Waals surface area contributed by atoms with E-state index in [-0.39, 0.29) is 18.6 Å². The van der Waals surface area contributed by atoms with Gasteiger partial charge in [-0.1, -0.05) is 12.1 Å². The lowest BCUT2D eigenvalue weighted by Gasteiger charge is -2.27. The van der Waals surface area contributed by atoms with Crippen LogP contribution in [0.5, 0.6) is 0 Å². The molecule has 4 nitrogen and oxygen atoms in total. The molecule has 1 aromatic rings. The van der Waals surface area contributed by atoms with Gasteiger partial charge in [0.2, 0.25) is 0 Å². The Labute approximate surface area is 115 Å². The zero-order chi connectivity index (χ0) is 14.9. The second-order valence-corrected chi connectivity index (χ2v) is 5.08. The Morgan fingerprint density at radius 1 is 1.50 bits per heavy atom. The second-order valence-electron chi connectivity index (χ2n) is 5.08. The topological polar surface area (TPSA) is 60.4 Å². The molecule has 0 aliphatic heterocycles. The zero-order valence-electron chi connectivity index (χ0n) is 11.3. The highest BCUT2D eigenvalue weighted by Gasteiger charge is 2.52. The first-order valence-electron chi connectivity index (χ1n) is 6.28. The highest BCUT2D eigenvalue weighted by atomic mass is 19.1. The maximum atomic E-state index is 13.7. The van der Waals surface area contributed by atoms with Gasteiger partial charge in [0.15, 0.2) is 0 Å². The number of carbonyl (C=O) groups excluding carboxylic acids is 3. The first-order chi connectivity index (χ1) is 9.46. The van der Waals surface area contributed by atoms with E-state index in [2.05, 4.69) is 0 Å². The van der Waals surface area contributed by atoms with E-state index in [1.165, 1.54) is 19.2 Å². The molecule has 20 heavy (non-hydrogen) atoms. The first kappa shape index (κ1) is 14.4. The van der Waals surface area contributed by atoms with E-state index >= 15 is 0 Å². The highest BCUT2D eigenvalue weighted by Crippen LogP contribution is 2.44. The van der Waals surface area contributed by atoms with Gasteiger partial charge in [-0.15, -0.1) is 0 Å². The average molecular weight is 278 g/mol. The molecular formula is C15H15FO4. The van der Waals surface area contributed by atoms with Crippen molar-refractivity contribution in [1.29, 1.82) is 0 Å². The van der Waals surface area contributed by atoms with Crippen LogP contribution in [0.25, 0.3) is 0 Å². The Balaban J connectivity index is 2.60. The van der Waals surface area contributed by atoms with Crippen LogP contribution in [0.4, 0.5) is 4.39 Å². The number of rotatable bonds is 3. The van der Waals surface area contributed by atoms with Crippen molar-refractivity contribution in [2.24, 2.45) is 5.92 Å². The van der Waals surface area contributed by atoms with E-state index in [4.69, 9.17) is 4.74 Å². The van der Waals surface area contributed by atoms with Crippen LogP contribution in [0, 0.1) is 18.7 Å². The minimum absolute atomic E-state index is 0.0340. The molecule has 1 aliphatic carbocycles. The van der Waals surface area contributed by atoms with Gasteiger partial charge >= 0.3 is 5.97 Å². The number of halogens is 1. The molecule has 2 rings (SSSR count). The third kappa shape index (κ3) is 2.03. The van der Waals surface area contributed by atoms with Crippen LogP contribution in [0.15, 0.2) is 18.2 Å². The van der Waals surface area contributed by atoms with Crippen LogP contribution in [0.3, 0.4) is 0 Å². The summed E-state index contributed by atoms with van der Waals surface area (Å²) in [5.41, 5.74) is -0.539. The lowest BCUT2D eigenvalue weighted by atomic mass is 9.76. The van der Waals surface area contributed by atoms with Crippen molar-refractivity contribution in [3.05, 3.63) is 35.1 Å². The summed E-state index contributed by atoms with van der Waals surface area (Å²) in [5.74, 6) is -2.21. The molecule has 0 radical (unpaired) electrons.